The molecule has 3 rings (SSSR count). The number of nitrogens with one attached hydrogen (secondary N) is 1. The van der Waals surface area contributed by atoms with E-state index >= 15 is 0 Å². The highest BCUT2D eigenvalue weighted by molar-refractivity contribution is 6.99. The monoisotopic (exact) mass is 529 g/mol. The normalized spacial score (nSPS) is 13.7. The first-order valence-corrected chi connectivity index (χ1v) is 14.2. The number of hydrogen-bond acceptors (Lipinski definition) is 4. The predicted molar refractivity (Wildman–Crippen MR) is 142 cm³/mol. The van der Waals surface area contributed by atoms with Gasteiger partial charge in [0.15, 0.2) is 17.5 Å². The maximum absolute atomic E-state index is 14.3. The van der Waals surface area contributed by atoms with Crippen molar-refractivity contribution in [2.45, 2.75) is 51.8 Å². The van der Waals surface area contributed by atoms with Gasteiger partial charge in [0.2, 0.25) is 0 Å². The summed E-state index contributed by atoms with van der Waals surface area (Å²) in [4.78, 5) is 11.2. The van der Waals surface area contributed by atoms with Gasteiger partial charge in [-0.2, -0.15) is 0 Å². The molecule has 0 aliphatic rings. The molecular weight excluding hydrogens is 495 g/mol. The lowest BCUT2D eigenvalue weighted by Gasteiger charge is -2.46. The molecule has 198 valence electrons. The molecule has 0 fully saturated rings. The fourth-order valence-electron chi connectivity index (χ4n) is 4.76. The molecule has 37 heavy (non-hydrogen) atoms. The lowest BCUT2D eigenvalue weighted by Crippen LogP contribution is -2.68. The zero-order chi connectivity index (χ0) is 27.2. The van der Waals surface area contributed by atoms with Crippen LogP contribution in [0.5, 0.6) is 0 Å². The molecule has 4 nitrogen and oxygen atoms in total. The second kappa shape index (κ2) is 12.1. The number of carbonyl (C=O) groups is 1. The van der Waals surface area contributed by atoms with Crippen LogP contribution in [0.15, 0.2) is 72.8 Å². The van der Waals surface area contributed by atoms with Gasteiger partial charge in [-0.05, 0) is 40.0 Å². The van der Waals surface area contributed by atoms with Gasteiger partial charge in [-0.15, -0.1) is 0 Å². The quantitative estimate of drug-likeness (QED) is 0.168. The van der Waals surface area contributed by atoms with Crippen LogP contribution < -0.4 is 15.7 Å². The summed E-state index contributed by atoms with van der Waals surface area (Å²) in [6, 6.07) is 21.2. The highest BCUT2D eigenvalue weighted by atomic mass is 28.4. The van der Waals surface area contributed by atoms with Gasteiger partial charge in [0.1, 0.15) is 6.61 Å². The van der Waals surface area contributed by atoms with Gasteiger partial charge in [-0.1, -0.05) is 81.4 Å². The SMILES string of the molecule is CC(=O)OCCN[C@H](c1cc(F)c(F)c(F)c1)[C@@H](C)O[Si](c1ccccc1)(c1ccccc1)C(C)(C)C. The third-order valence-electron chi connectivity index (χ3n) is 6.39. The second-order valence-electron chi connectivity index (χ2n) is 10.1. The van der Waals surface area contributed by atoms with Crippen LogP contribution in [-0.4, -0.2) is 33.5 Å². The number of rotatable bonds is 10. The van der Waals surface area contributed by atoms with E-state index in [2.05, 4.69) is 50.4 Å². The summed E-state index contributed by atoms with van der Waals surface area (Å²) in [7, 11) is -3.00. The molecule has 0 aliphatic carbocycles. The molecule has 0 unspecified atom stereocenters. The zero-order valence-corrected chi connectivity index (χ0v) is 22.9. The predicted octanol–water partition coefficient (Wildman–Crippen LogP) is 5.26. The van der Waals surface area contributed by atoms with E-state index in [1.54, 1.807) is 0 Å². The van der Waals surface area contributed by atoms with Crippen molar-refractivity contribution in [2.24, 2.45) is 0 Å². The van der Waals surface area contributed by atoms with Crippen LogP contribution >= 0.6 is 0 Å². The summed E-state index contributed by atoms with van der Waals surface area (Å²) in [5.41, 5.74) is 0.199. The average molecular weight is 530 g/mol. The van der Waals surface area contributed by atoms with Gasteiger partial charge >= 0.3 is 5.97 Å². The minimum atomic E-state index is -3.00. The van der Waals surface area contributed by atoms with Crippen LogP contribution in [0.2, 0.25) is 5.04 Å². The van der Waals surface area contributed by atoms with Crippen LogP contribution in [0.25, 0.3) is 0 Å². The Morgan fingerprint density at radius 2 is 1.41 bits per heavy atom. The number of halogens is 3. The molecule has 3 aromatic rings. The van der Waals surface area contributed by atoms with E-state index < -0.39 is 43.9 Å². The Labute approximate surface area is 217 Å². The molecule has 0 spiro atoms. The number of carbonyl (C=O) groups excluding carboxylic acids is 1. The molecule has 0 saturated carbocycles. The maximum atomic E-state index is 14.3. The van der Waals surface area contributed by atoms with E-state index in [1.807, 2.05) is 43.3 Å². The molecule has 0 heterocycles. The van der Waals surface area contributed by atoms with Crippen molar-refractivity contribution >= 4 is 24.7 Å². The molecular formula is C29H34F3NO3Si. The highest BCUT2D eigenvalue weighted by Crippen LogP contribution is 2.39. The van der Waals surface area contributed by atoms with Crippen molar-refractivity contribution in [1.82, 2.24) is 5.32 Å². The Morgan fingerprint density at radius 1 is 0.919 bits per heavy atom. The standard InChI is InChI=1S/C29H34F3NO3Si/c1-20(28(33-16-17-35-21(2)34)22-18-25(30)27(32)26(31)19-22)36-37(29(3,4)5,23-12-8-6-9-13-23)24-14-10-7-11-15-24/h6-15,18-20,28,33H,16-17H2,1-5H3/t20-,28+/m1/s1. The molecule has 0 bridgehead atoms. The van der Waals surface area contributed by atoms with E-state index in [9.17, 15) is 18.0 Å². The number of benzene rings is 3. The molecule has 0 aromatic heterocycles. The van der Waals surface area contributed by atoms with Gasteiger partial charge in [0.25, 0.3) is 8.32 Å². The van der Waals surface area contributed by atoms with Gasteiger partial charge < -0.3 is 14.5 Å². The lowest BCUT2D eigenvalue weighted by atomic mass is 10.0. The first-order chi connectivity index (χ1) is 17.5. The van der Waals surface area contributed by atoms with Crippen molar-refractivity contribution in [3.63, 3.8) is 0 Å². The number of ether oxygens (including phenoxy) is 1. The Balaban J connectivity index is 2.10. The molecule has 8 heteroatoms. The maximum Gasteiger partial charge on any atom is 0.302 e. The fraction of sp³-hybridized carbons (Fsp3) is 0.345. The zero-order valence-electron chi connectivity index (χ0n) is 21.9. The van der Waals surface area contributed by atoms with Gasteiger partial charge in [0, 0.05) is 13.5 Å². The fourth-order valence-corrected chi connectivity index (χ4v) is 9.47. The Bertz CT molecular complexity index is 1120. The average Bonchev–Trinajstić information content (AvgIpc) is 2.85. The summed E-state index contributed by atoms with van der Waals surface area (Å²) in [6.07, 6.45) is -0.604. The topological polar surface area (TPSA) is 47.6 Å². The highest BCUT2D eigenvalue weighted by Gasteiger charge is 2.51. The molecule has 2 atom stereocenters. The van der Waals surface area contributed by atoms with Crippen molar-refractivity contribution in [3.8, 4) is 0 Å². The van der Waals surface area contributed by atoms with Gasteiger partial charge in [0.05, 0.1) is 12.1 Å². The first-order valence-electron chi connectivity index (χ1n) is 12.3. The lowest BCUT2D eigenvalue weighted by molar-refractivity contribution is -0.140. The number of esters is 1. The third kappa shape index (κ3) is 6.50. The third-order valence-corrected chi connectivity index (χ3v) is 11.5. The number of hydrogen-bond donors (Lipinski definition) is 1. The molecule has 0 saturated heterocycles. The van der Waals surface area contributed by atoms with Gasteiger partial charge in [-0.3, -0.25) is 4.79 Å². The van der Waals surface area contributed by atoms with E-state index in [-0.39, 0.29) is 23.8 Å². The summed E-state index contributed by atoms with van der Waals surface area (Å²) in [6.45, 7) is 9.80. The summed E-state index contributed by atoms with van der Waals surface area (Å²) >= 11 is 0. The molecule has 0 radical (unpaired) electrons. The van der Waals surface area contributed by atoms with Crippen LogP contribution in [0.3, 0.4) is 0 Å². The molecule has 1 N–H and O–H groups in total. The summed E-state index contributed by atoms with van der Waals surface area (Å²) in [5, 5.41) is 4.98. The largest absolute Gasteiger partial charge is 0.465 e. The Morgan fingerprint density at radius 3 is 1.84 bits per heavy atom. The van der Waals surface area contributed by atoms with Crippen molar-refractivity contribution in [3.05, 3.63) is 95.8 Å². The second-order valence-corrected chi connectivity index (χ2v) is 14.3. The minimum absolute atomic E-state index is 0.0594. The molecule has 0 aliphatic heterocycles. The van der Waals surface area contributed by atoms with Crippen LogP contribution in [-0.2, 0) is 14.0 Å². The van der Waals surface area contributed by atoms with Crippen LogP contribution in [0.4, 0.5) is 13.2 Å². The molecule has 3 aromatic carbocycles. The Kier molecular flexibility index (Phi) is 9.34. The van der Waals surface area contributed by atoms with E-state index in [0.29, 0.717) is 0 Å². The van der Waals surface area contributed by atoms with Crippen molar-refractivity contribution in [1.29, 1.82) is 0 Å². The first kappa shape index (κ1) is 28.6. The minimum Gasteiger partial charge on any atom is -0.465 e. The summed E-state index contributed by atoms with van der Waals surface area (Å²) < 4.78 is 54.5. The Hall–Kier alpha value is -2.94. The van der Waals surface area contributed by atoms with E-state index in [0.717, 1.165) is 22.5 Å². The smallest absolute Gasteiger partial charge is 0.302 e. The van der Waals surface area contributed by atoms with Crippen molar-refractivity contribution in [2.75, 3.05) is 13.2 Å². The van der Waals surface area contributed by atoms with Crippen LogP contribution in [0, 0.1) is 17.5 Å². The van der Waals surface area contributed by atoms with E-state index in [1.165, 1.54) is 6.92 Å². The van der Waals surface area contributed by atoms with Crippen molar-refractivity contribution < 1.29 is 27.1 Å². The van der Waals surface area contributed by atoms with E-state index in [4.69, 9.17) is 9.16 Å². The van der Waals surface area contributed by atoms with Gasteiger partial charge in [-0.25, -0.2) is 13.2 Å². The summed E-state index contributed by atoms with van der Waals surface area (Å²) in [5.74, 6) is -4.52. The van der Waals surface area contributed by atoms with Crippen LogP contribution in [0.1, 0.15) is 46.2 Å². The molecule has 0 amide bonds.